The molecule has 0 amide bonds. The number of para-hydroxylation sites is 5. The molecule has 0 aliphatic carbocycles. The highest BCUT2D eigenvalue weighted by molar-refractivity contribution is 7.19. The lowest BCUT2D eigenvalue weighted by molar-refractivity contribution is 0.666. The smallest absolute Gasteiger partial charge is 0.179 e. The SMILES string of the molecule is c1ccc([Si](c2ccccc2)(c2ccccc2)c2cccc(-n3c4ccccc4c4cc(-c5cccc6c7ccccc7n(-c7cccc8c7oc7ccccc78)c56)ccc43)c2)cc1. The predicted molar refractivity (Wildman–Crippen MR) is 271 cm³/mol. The van der Waals surface area contributed by atoms with E-state index in [1.54, 1.807) is 0 Å². The fraction of sp³-hybridized carbons (Fsp3) is 0. The number of hydrogen-bond acceptors (Lipinski definition) is 1. The molecule has 0 spiro atoms. The van der Waals surface area contributed by atoms with Crippen LogP contribution in [0.2, 0.25) is 0 Å². The highest BCUT2D eigenvalue weighted by atomic mass is 28.3. The lowest BCUT2D eigenvalue weighted by atomic mass is 9.99. The van der Waals surface area contributed by atoms with Crippen LogP contribution >= 0.6 is 0 Å². The van der Waals surface area contributed by atoms with Gasteiger partial charge >= 0.3 is 0 Å². The van der Waals surface area contributed by atoms with Crippen molar-refractivity contribution in [1.29, 1.82) is 0 Å². The summed E-state index contributed by atoms with van der Waals surface area (Å²) in [5.74, 6) is 0. The molecule has 300 valence electrons. The number of nitrogens with zero attached hydrogens (tertiary/aromatic N) is 2. The molecule has 0 N–H and O–H groups in total. The van der Waals surface area contributed by atoms with Gasteiger partial charge in [-0.05, 0) is 74.8 Å². The van der Waals surface area contributed by atoms with E-state index in [1.807, 2.05) is 6.07 Å². The average molecular weight is 833 g/mol. The Morgan fingerprint density at radius 2 is 0.844 bits per heavy atom. The normalized spacial score (nSPS) is 12.1. The van der Waals surface area contributed by atoms with E-state index in [4.69, 9.17) is 4.42 Å². The summed E-state index contributed by atoms with van der Waals surface area (Å²) >= 11 is 0. The maximum atomic E-state index is 6.68. The molecule has 13 aromatic rings. The van der Waals surface area contributed by atoms with E-state index in [0.717, 1.165) is 44.3 Å². The summed E-state index contributed by atoms with van der Waals surface area (Å²) in [4.78, 5) is 0. The van der Waals surface area contributed by atoms with Crippen molar-refractivity contribution in [3.63, 3.8) is 0 Å². The van der Waals surface area contributed by atoms with E-state index in [-0.39, 0.29) is 0 Å². The van der Waals surface area contributed by atoms with Gasteiger partial charge in [-0.3, -0.25) is 0 Å². The summed E-state index contributed by atoms with van der Waals surface area (Å²) in [5.41, 5.74) is 11.0. The van der Waals surface area contributed by atoms with Gasteiger partial charge in [-0.1, -0.05) is 194 Å². The van der Waals surface area contributed by atoms with Gasteiger partial charge in [0.05, 0.1) is 27.8 Å². The zero-order valence-electron chi connectivity index (χ0n) is 34.9. The zero-order valence-corrected chi connectivity index (χ0v) is 35.9. The first-order valence-electron chi connectivity index (χ1n) is 22.0. The molecule has 4 heteroatoms. The van der Waals surface area contributed by atoms with Crippen molar-refractivity contribution >= 4 is 94.4 Å². The van der Waals surface area contributed by atoms with Gasteiger partial charge in [0.1, 0.15) is 5.58 Å². The van der Waals surface area contributed by atoms with Crippen LogP contribution in [0.1, 0.15) is 0 Å². The third-order valence-corrected chi connectivity index (χ3v) is 18.2. The molecule has 0 aliphatic rings. The number of furan rings is 1. The largest absolute Gasteiger partial charge is 0.454 e. The molecule has 0 saturated carbocycles. The molecular formula is C60H40N2OSi. The lowest BCUT2D eigenvalue weighted by Gasteiger charge is -2.34. The minimum atomic E-state index is -2.76. The molecule has 0 radical (unpaired) electrons. The van der Waals surface area contributed by atoms with Crippen LogP contribution < -0.4 is 20.7 Å². The fourth-order valence-electron chi connectivity index (χ4n) is 10.8. The number of rotatable bonds is 7. The Kier molecular flexibility index (Phi) is 8.23. The van der Waals surface area contributed by atoms with Gasteiger partial charge in [-0.2, -0.15) is 0 Å². The summed E-state index contributed by atoms with van der Waals surface area (Å²) in [6.45, 7) is 0. The first kappa shape index (κ1) is 36.5. The van der Waals surface area contributed by atoms with Crippen molar-refractivity contribution in [2.45, 2.75) is 0 Å². The van der Waals surface area contributed by atoms with Crippen LogP contribution in [0.15, 0.2) is 247 Å². The van der Waals surface area contributed by atoms with Crippen molar-refractivity contribution in [2.75, 3.05) is 0 Å². The van der Waals surface area contributed by atoms with Crippen molar-refractivity contribution in [2.24, 2.45) is 0 Å². The highest BCUT2D eigenvalue weighted by Crippen LogP contribution is 2.43. The van der Waals surface area contributed by atoms with Gasteiger partial charge < -0.3 is 13.6 Å². The summed E-state index contributed by atoms with van der Waals surface area (Å²) < 4.78 is 11.6. The molecule has 0 bridgehead atoms. The van der Waals surface area contributed by atoms with Crippen molar-refractivity contribution < 1.29 is 4.42 Å². The van der Waals surface area contributed by atoms with E-state index in [0.29, 0.717) is 0 Å². The van der Waals surface area contributed by atoms with Crippen LogP contribution in [0.5, 0.6) is 0 Å². The third kappa shape index (κ3) is 5.33. The molecule has 0 fully saturated rings. The van der Waals surface area contributed by atoms with Crippen LogP contribution in [0, 0.1) is 0 Å². The molecule has 64 heavy (non-hydrogen) atoms. The maximum Gasteiger partial charge on any atom is 0.179 e. The summed E-state index contributed by atoms with van der Waals surface area (Å²) in [5, 5.41) is 12.5. The van der Waals surface area contributed by atoms with Crippen molar-refractivity contribution in [3.05, 3.63) is 243 Å². The molecule has 0 unspecified atom stereocenters. The molecule has 3 nitrogen and oxygen atoms in total. The Bertz CT molecular complexity index is 3800. The van der Waals surface area contributed by atoms with E-state index in [9.17, 15) is 0 Å². The topological polar surface area (TPSA) is 23.0 Å². The Hall–Kier alpha value is -8.18. The monoisotopic (exact) mass is 832 g/mol. The van der Waals surface area contributed by atoms with E-state index >= 15 is 0 Å². The van der Waals surface area contributed by atoms with Crippen LogP contribution in [0.4, 0.5) is 0 Å². The molecule has 3 aromatic heterocycles. The number of hydrogen-bond donors (Lipinski definition) is 0. The maximum absolute atomic E-state index is 6.68. The minimum Gasteiger partial charge on any atom is -0.454 e. The Labute approximate surface area is 371 Å². The van der Waals surface area contributed by atoms with Crippen LogP contribution in [0.25, 0.3) is 88.1 Å². The average Bonchev–Trinajstić information content (AvgIpc) is 4.03. The molecular weight excluding hydrogens is 793 g/mol. The van der Waals surface area contributed by atoms with Gasteiger partial charge in [0, 0.05) is 43.6 Å². The lowest BCUT2D eigenvalue weighted by Crippen LogP contribution is -2.74. The third-order valence-electron chi connectivity index (χ3n) is 13.5. The van der Waals surface area contributed by atoms with E-state index in [1.165, 1.54) is 64.5 Å². The fourth-order valence-corrected chi connectivity index (χ4v) is 15.6. The van der Waals surface area contributed by atoms with E-state index < -0.39 is 8.07 Å². The van der Waals surface area contributed by atoms with Gasteiger partial charge in [-0.25, -0.2) is 0 Å². The second-order valence-corrected chi connectivity index (χ2v) is 20.6. The van der Waals surface area contributed by atoms with Crippen LogP contribution in [-0.4, -0.2) is 17.2 Å². The minimum absolute atomic E-state index is 0.890. The van der Waals surface area contributed by atoms with Gasteiger partial charge in [0.2, 0.25) is 0 Å². The number of fused-ring (bicyclic) bond motifs is 9. The van der Waals surface area contributed by atoms with Crippen LogP contribution in [0.3, 0.4) is 0 Å². The summed E-state index contributed by atoms with van der Waals surface area (Å²) in [7, 11) is -2.76. The molecule has 3 heterocycles. The first-order valence-corrected chi connectivity index (χ1v) is 24.0. The first-order chi connectivity index (χ1) is 31.8. The zero-order chi connectivity index (χ0) is 42.2. The predicted octanol–water partition coefficient (Wildman–Crippen LogP) is 12.8. The Morgan fingerprint density at radius 3 is 1.55 bits per heavy atom. The number of aromatic nitrogens is 2. The Balaban J connectivity index is 1.04. The van der Waals surface area contributed by atoms with Crippen LogP contribution in [-0.2, 0) is 0 Å². The van der Waals surface area contributed by atoms with Gasteiger partial charge in [-0.15, -0.1) is 0 Å². The standard InChI is InChI=1S/C60H40N2OSi/c1-4-20-43(21-5-1)64(44-22-6-2-7-23-44,45-24-8-3-9-25-45)46-26-16-19-42(40-46)61-54-33-13-11-28-49(54)53-39-41(37-38-56(53)61)47-30-17-31-51-48-27-10-14-34-55(48)62(59(47)51)57-35-18-32-52-50-29-12-15-36-58(50)63-60(52)57/h1-40H. The molecule has 0 atom stereocenters. The van der Waals surface area contributed by atoms with Crippen molar-refractivity contribution in [3.8, 4) is 22.5 Å². The molecule has 13 rings (SSSR count). The molecule has 0 saturated heterocycles. The second-order valence-electron chi connectivity index (χ2n) is 16.8. The van der Waals surface area contributed by atoms with Gasteiger partial charge in [0.15, 0.2) is 13.7 Å². The van der Waals surface area contributed by atoms with Gasteiger partial charge in [0.25, 0.3) is 0 Å². The van der Waals surface area contributed by atoms with E-state index in [2.05, 4.69) is 246 Å². The second kappa shape index (κ2) is 14.5. The summed E-state index contributed by atoms with van der Waals surface area (Å²) in [6, 6.07) is 89.2. The highest BCUT2D eigenvalue weighted by Gasteiger charge is 2.41. The molecule has 10 aromatic carbocycles. The Morgan fingerprint density at radius 1 is 0.328 bits per heavy atom. The summed E-state index contributed by atoms with van der Waals surface area (Å²) in [6.07, 6.45) is 0. The molecule has 0 aliphatic heterocycles. The van der Waals surface area contributed by atoms with Crippen molar-refractivity contribution in [1.82, 2.24) is 9.13 Å². The quantitative estimate of drug-likeness (QED) is 0.116. The number of benzene rings is 10.